The summed E-state index contributed by atoms with van der Waals surface area (Å²) in [6.45, 7) is 10.9. The van der Waals surface area contributed by atoms with Crippen LogP contribution in [0.2, 0.25) is 0 Å². The number of imidazole rings is 1. The number of nitrogens with zero attached hydrogens (tertiary/aromatic N) is 3. The minimum absolute atomic E-state index is 0.675. The molecule has 0 saturated carbocycles. The topological polar surface area (TPSA) is 54.8 Å². The van der Waals surface area contributed by atoms with E-state index in [0.717, 1.165) is 43.6 Å². The van der Waals surface area contributed by atoms with Crippen LogP contribution in [-0.4, -0.2) is 40.2 Å². The highest BCUT2D eigenvalue weighted by Crippen LogP contribution is 2.16. The lowest BCUT2D eigenvalue weighted by atomic mass is 10.2. The Hall–Kier alpha value is -1.46. The molecular formula is C17H29N5. The third-order valence-corrected chi connectivity index (χ3v) is 3.94. The molecule has 3 heterocycles. The average molecular weight is 303 g/mol. The Morgan fingerprint density at radius 2 is 2.18 bits per heavy atom. The highest BCUT2D eigenvalue weighted by molar-refractivity contribution is 5.74. The number of piperazine rings is 1. The Labute approximate surface area is 133 Å². The van der Waals surface area contributed by atoms with Gasteiger partial charge in [0.15, 0.2) is 0 Å². The quantitative estimate of drug-likeness (QED) is 0.910. The second-order valence-corrected chi connectivity index (χ2v) is 5.80. The van der Waals surface area contributed by atoms with Crippen molar-refractivity contribution in [1.82, 2.24) is 25.2 Å². The van der Waals surface area contributed by atoms with Gasteiger partial charge in [-0.25, -0.2) is 4.98 Å². The summed E-state index contributed by atoms with van der Waals surface area (Å²) >= 11 is 0. The monoisotopic (exact) mass is 303 g/mol. The van der Waals surface area contributed by atoms with Crippen LogP contribution >= 0.6 is 0 Å². The first kappa shape index (κ1) is 16.9. The first-order valence-corrected chi connectivity index (χ1v) is 8.49. The molecular weight excluding hydrogens is 274 g/mol. The van der Waals surface area contributed by atoms with Crippen LogP contribution < -0.4 is 10.6 Å². The highest BCUT2D eigenvalue weighted by atomic mass is 15.1. The Morgan fingerprint density at radius 3 is 2.77 bits per heavy atom. The number of unbranched alkanes of at least 4 members (excludes halogenated alkanes) is 1. The van der Waals surface area contributed by atoms with E-state index in [1.807, 2.05) is 12.3 Å². The average Bonchev–Trinajstić information content (AvgIpc) is 2.91. The van der Waals surface area contributed by atoms with Gasteiger partial charge in [0.1, 0.15) is 5.82 Å². The van der Waals surface area contributed by atoms with Gasteiger partial charge in [0.05, 0.1) is 17.2 Å². The van der Waals surface area contributed by atoms with Crippen LogP contribution in [0.5, 0.6) is 0 Å². The van der Waals surface area contributed by atoms with Crippen molar-refractivity contribution in [2.24, 2.45) is 0 Å². The van der Waals surface area contributed by atoms with Gasteiger partial charge in [-0.1, -0.05) is 13.3 Å². The molecule has 0 bridgehead atoms. The van der Waals surface area contributed by atoms with Crippen LogP contribution in [0.15, 0.2) is 18.5 Å². The van der Waals surface area contributed by atoms with Crippen LogP contribution in [0.3, 0.4) is 0 Å². The maximum Gasteiger partial charge on any atom is 0.109 e. The normalized spacial score (nSPS) is 18.0. The van der Waals surface area contributed by atoms with Crippen LogP contribution in [-0.2, 0) is 13.0 Å². The van der Waals surface area contributed by atoms with E-state index in [4.69, 9.17) is 0 Å². The van der Waals surface area contributed by atoms with Crippen LogP contribution in [0.25, 0.3) is 11.0 Å². The largest absolute Gasteiger partial charge is 0.327 e. The molecule has 0 aliphatic carbocycles. The Kier molecular flexibility index (Phi) is 6.80. The smallest absolute Gasteiger partial charge is 0.109 e. The summed E-state index contributed by atoms with van der Waals surface area (Å²) in [5, 5.41) is 6.59. The fourth-order valence-corrected chi connectivity index (χ4v) is 2.70. The van der Waals surface area contributed by atoms with Crippen molar-refractivity contribution in [2.75, 3.05) is 19.6 Å². The van der Waals surface area contributed by atoms with E-state index < -0.39 is 0 Å². The number of hydrogen-bond acceptors (Lipinski definition) is 4. The molecule has 5 nitrogen and oxygen atoms in total. The number of aryl methyl sites for hydroxylation is 2. The fraction of sp³-hybridized carbons (Fsp3) is 0.647. The summed E-state index contributed by atoms with van der Waals surface area (Å²) in [6.07, 6.45) is 7.20. The summed E-state index contributed by atoms with van der Waals surface area (Å²) in [5.41, 5.74) is 2.23. The Morgan fingerprint density at radius 1 is 1.32 bits per heavy atom. The van der Waals surface area contributed by atoms with Gasteiger partial charge < -0.3 is 15.2 Å². The predicted octanol–water partition coefficient (Wildman–Crippen LogP) is 2.36. The second-order valence-electron chi connectivity index (χ2n) is 5.80. The molecule has 1 fully saturated rings. The maximum absolute atomic E-state index is 4.64. The highest BCUT2D eigenvalue weighted by Gasteiger charge is 2.08. The third-order valence-electron chi connectivity index (χ3n) is 3.94. The van der Waals surface area contributed by atoms with E-state index in [2.05, 4.69) is 45.9 Å². The van der Waals surface area contributed by atoms with Crippen LogP contribution in [0.4, 0.5) is 0 Å². The molecule has 1 atom stereocenters. The molecule has 3 rings (SSSR count). The van der Waals surface area contributed by atoms with Crippen molar-refractivity contribution in [2.45, 2.75) is 52.6 Å². The molecule has 22 heavy (non-hydrogen) atoms. The summed E-state index contributed by atoms with van der Waals surface area (Å²) in [7, 11) is 0. The van der Waals surface area contributed by atoms with Crippen molar-refractivity contribution >= 4 is 11.0 Å². The van der Waals surface area contributed by atoms with Crippen molar-refractivity contribution in [1.29, 1.82) is 0 Å². The molecule has 2 aromatic heterocycles. The number of aromatic nitrogens is 3. The van der Waals surface area contributed by atoms with E-state index in [1.165, 1.54) is 18.7 Å². The molecule has 1 unspecified atom stereocenters. The molecule has 0 spiro atoms. The van der Waals surface area contributed by atoms with Crippen molar-refractivity contribution in [3.63, 3.8) is 0 Å². The molecule has 2 N–H and O–H groups in total. The van der Waals surface area contributed by atoms with E-state index in [1.54, 1.807) is 6.20 Å². The minimum Gasteiger partial charge on any atom is -0.327 e. The number of rotatable bonds is 4. The standard InChI is InChI=1S/C12H17N3.C5H12N2/c1-3-5-6-12-14-10-7-8-13-9-11(10)15(12)4-2;1-5-4-6-2-3-7-5/h7-9H,3-6H2,1-2H3;5-7H,2-4H2,1H3. The molecule has 1 saturated heterocycles. The molecule has 122 valence electrons. The molecule has 1 aliphatic heterocycles. The van der Waals surface area contributed by atoms with Crippen molar-refractivity contribution < 1.29 is 0 Å². The third kappa shape index (κ3) is 4.52. The second kappa shape index (κ2) is 8.86. The zero-order chi connectivity index (χ0) is 15.8. The van der Waals surface area contributed by atoms with Gasteiger partial charge in [0.2, 0.25) is 0 Å². The first-order chi connectivity index (χ1) is 10.8. The van der Waals surface area contributed by atoms with Gasteiger partial charge in [-0.3, -0.25) is 4.98 Å². The van der Waals surface area contributed by atoms with E-state index in [-0.39, 0.29) is 0 Å². The molecule has 5 heteroatoms. The van der Waals surface area contributed by atoms with Crippen LogP contribution in [0, 0.1) is 0 Å². The van der Waals surface area contributed by atoms with E-state index >= 15 is 0 Å². The number of nitrogens with one attached hydrogen (secondary N) is 2. The van der Waals surface area contributed by atoms with E-state index in [0.29, 0.717) is 6.04 Å². The zero-order valence-electron chi connectivity index (χ0n) is 14.1. The number of hydrogen-bond donors (Lipinski definition) is 2. The van der Waals surface area contributed by atoms with Gasteiger partial charge in [-0.15, -0.1) is 0 Å². The first-order valence-electron chi connectivity index (χ1n) is 8.49. The van der Waals surface area contributed by atoms with Gasteiger partial charge in [-0.2, -0.15) is 0 Å². The number of pyridine rings is 1. The predicted molar refractivity (Wildman–Crippen MR) is 92.1 cm³/mol. The summed E-state index contributed by atoms with van der Waals surface area (Å²) < 4.78 is 2.26. The molecule has 1 aliphatic rings. The summed E-state index contributed by atoms with van der Waals surface area (Å²) in [4.78, 5) is 8.80. The zero-order valence-corrected chi connectivity index (χ0v) is 14.1. The summed E-state index contributed by atoms with van der Waals surface area (Å²) in [5.74, 6) is 1.20. The molecule has 2 aromatic rings. The maximum atomic E-state index is 4.64. The van der Waals surface area contributed by atoms with Crippen molar-refractivity contribution in [3.8, 4) is 0 Å². The fourth-order valence-electron chi connectivity index (χ4n) is 2.70. The molecule has 0 radical (unpaired) electrons. The lowest BCUT2D eigenvalue weighted by Gasteiger charge is -2.19. The van der Waals surface area contributed by atoms with Crippen LogP contribution in [0.1, 0.15) is 39.4 Å². The van der Waals surface area contributed by atoms with Gasteiger partial charge in [0.25, 0.3) is 0 Å². The Balaban J connectivity index is 0.000000211. The van der Waals surface area contributed by atoms with E-state index in [9.17, 15) is 0 Å². The van der Waals surface area contributed by atoms with Crippen molar-refractivity contribution in [3.05, 3.63) is 24.3 Å². The lowest BCUT2D eigenvalue weighted by Crippen LogP contribution is -2.46. The lowest BCUT2D eigenvalue weighted by molar-refractivity contribution is 0.442. The summed E-state index contributed by atoms with van der Waals surface area (Å²) in [6, 6.07) is 2.66. The minimum atomic E-state index is 0.675. The number of fused-ring (bicyclic) bond motifs is 1. The molecule has 0 amide bonds. The molecule has 0 aromatic carbocycles. The van der Waals surface area contributed by atoms with Gasteiger partial charge in [-0.05, 0) is 26.3 Å². The SMILES string of the molecule is CC1CNCCN1.CCCCc1nc2ccncc2n1CC. The van der Waals surface area contributed by atoms with Gasteiger partial charge >= 0.3 is 0 Å². The Bertz CT molecular complexity index is 557. The van der Waals surface area contributed by atoms with Gasteiger partial charge in [0, 0.05) is 44.8 Å².